The van der Waals surface area contributed by atoms with Crippen molar-refractivity contribution in [2.75, 3.05) is 25.5 Å². The Morgan fingerprint density at radius 2 is 2.07 bits per heavy atom. The first-order valence-corrected chi connectivity index (χ1v) is 8.95. The highest BCUT2D eigenvalue weighted by molar-refractivity contribution is 5.83. The highest BCUT2D eigenvalue weighted by Crippen LogP contribution is 2.22. The molecule has 3 heterocycles. The predicted molar refractivity (Wildman–Crippen MR) is 103 cm³/mol. The molecule has 4 rings (SSSR count). The molecule has 1 aromatic carbocycles. The number of carbonyl (C=O) groups is 1. The van der Waals surface area contributed by atoms with Gasteiger partial charge >= 0.3 is 0 Å². The number of amides is 1. The summed E-state index contributed by atoms with van der Waals surface area (Å²) in [4.78, 5) is 40.6. The van der Waals surface area contributed by atoms with Gasteiger partial charge in [-0.1, -0.05) is 12.1 Å². The van der Waals surface area contributed by atoms with Crippen molar-refractivity contribution in [2.24, 2.45) is 0 Å². The van der Waals surface area contributed by atoms with E-state index in [1.54, 1.807) is 16.1 Å². The molecule has 2 aromatic heterocycles. The minimum atomic E-state index is -0.380. The number of rotatable bonds is 3. The molecule has 140 valence electrons. The lowest BCUT2D eigenvalue weighted by Crippen LogP contribution is -2.42. The van der Waals surface area contributed by atoms with Crippen LogP contribution in [0.3, 0.4) is 0 Å². The van der Waals surface area contributed by atoms with Crippen molar-refractivity contribution in [3.05, 3.63) is 52.2 Å². The molecule has 27 heavy (non-hydrogen) atoms. The van der Waals surface area contributed by atoms with Gasteiger partial charge < -0.3 is 14.4 Å². The lowest BCUT2D eigenvalue weighted by atomic mass is 10.1. The van der Waals surface area contributed by atoms with Crippen LogP contribution >= 0.6 is 0 Å². The number of para-hydroxylation sites is 2. The van der Waals surface area contributed by atoms with Crippen LogP contribution in [0, 0.1) is 0 Å². The fourth-order valence-electron chi connectivity index (χ4n) is 3.50. The molecular weight excluding hydrogens is 344 g/mol. The summed E-state index contributed by atoms with van der Waals surface area (Å²) in [6.45, 7) is 2.73. The lowest BCUT2D eigenvalue weighted by molar-refractivity contribution is -0.135. The second-order valence-corrected chi connectivity index (χ2v) is 7.04. The first-order valence-electron chi connectivity index (χ1n) is 8.95. The maximum atomic E-state index is 13.1. The van der Waals surface area contributed by atoms with Gasteiger partial charge in [-0.05, 0) is 25.5 Å². The van der Waals surface area contributed by atoms with Crippen molar-refractivity contribution in [3.8, 4) is 0 Å². The van der Waals surface area contributed by atoms with Crippen molar-refractivity contribution in [2.45, 2.75) is 25.9 Å². The van der Waals surface area contributed by atoms with Crippen LogP contribution in [0.15, 0.2) is 35.4 Å². The summed E-state index contributed by atoms with van der Waals surface area (Å²) in [5.74, 6) is 0.499. The van der Waals surface area contributed by atoms with Crippen LogP contribution in [0.4, 0.5) is 5.95 Å². The molecule has 0 radical (unpaired) electrons. The molecule has 0 bridgehead atoms. The Morgan fingerprint density at radius 3 is 2.85 bits per heavy atom. The molecule has 0 fully saturated rings. The van der Waals surface area contributed by atoms with Crippen molar-refractivity contribution in [3.63, 3.8) is 0 Å². The molecule has 0 spiro atoms. The van der Waals surface area contributed by atoms with Gasteiger partial charge in [0, 0.05) is 26.2 Å². The van der Waals surface area contributed by atoms with E-state index in [4.69, 9.17) is 0 Å². The molecule has 8 nitrogen and oxygen atoms in total. The number of carbonyl (C=O) groups excluding carboxylic acids is 1. The molecule has 1 aliphatic heterocycles. The predicted octanol–water partition coefficient (Wildman–Crippen LogP) is 1.33. The first-order chi connectivity index (χ1) is 13.0. The van der Waals surface area contributed by atoms with Gasteiger partial charge in [0.2, 0.25) is 11.9 Å². The maximum Gasteiger partial charge on any atom is 0.255 e. The number of hydrogen-bond donors (Lipinski definition) is 1. The number of aromatic amines is 1. The van der Waals surface area contributed by atoms with E-state index in [2.05, 4.69) is 15.0 Å². The Bertz CT molecular complexity index is 1070. The minimum Gasteiger partial charge on any atom is -0.348 e. The standard InChI is InChI=1S/C19H22N6O2/c1-12(25-11-20-14-6-4-5-7-16(14)25)18(27)24-9-8-13-15(10-24)21-19(23(2)3)22-17(13)26/h4-7,11-12H,8-10H2,1-3H3,(H,21,22,26)/t12-/m0/s1. The van der Waals surface area contributed by atoms with E-state index in [9.17, 15) is 9.59 Å². The van der Waals surface area contributed by atoms with Crippen molar-refractivity contribution in [1.82, 2.24) is 24.4 Å². The fraction of sp³-hybridized carbons (Fsp3) is 0.368. The Morgan fingerprint density at radius 1 is 1.30 bits per heavy atom. The van der Waals surface area contributed by atoms with Gasteiger partial charge in [0.25, 0.3) is 5.56 Å². The molecule has 3 aromatic rings. The van der Waals surface area contributed by atoms with Gasteiger partial charge in [-0.2, -0.15) is 0 Å². The maximum absolute atomic E-state index is 13.1. The van der Waals surface area contributed by atoms with E-state index in [1.165, 1.54) is 0 Å². The quantitative estimate of drug-likeness (QED) is 0.756. The molecule has 1 atom stereocenters. The van der Waals surface area contributed by atoms with Crippen LogP contribution in [0.25, 0.3) is 11.0 Å². The van der Waals surface area contributed by atoms with E-state index in [0.717, 1.165) is 11.0 Å². The molecular formula is C19H22N6O2. The third-order valence-corrected chi connectivity index (χ3v) is 5.05. The summed E-state index contributed by atoms with van der Waals surface area (Å²) in [7, 11) is 3.64. The summed E-state index contributed by atoms with van der Waals surface area (Å²) in [5, 5.41) is 0. The molecule has 1 aliphatic rings. The largest absolute Gasteiger partial charge is 0.348 e. The first kappa shape index (κ1) is 17.3. The SMILES string of the molecule is C[C@@H](C(=O)N1CCc2c(nc(N(C)C)[nH]c2=O)C1)n1cnc2ccccc21. The van der Waals surface area contributed by atoms with Gasteiger partial charge in [0.1, 0.15) is 6.04 Å². The average Bonchev–Trinajstić information content (AvgIpc) is 3.10. The van der Waals surface area contributed by atoms with Gasteiger partial charge in [-0.3, -0.25) is 14.6 Å². The number of nitrogens with one attached hydrogen (secondary N) is 1. The molecule has 0 unspecified atom stereocenters. The summed E-state index contributed by atoms with van der Waals surface area (Å²) in [6.07, 6.45) is 2.22. The van der Waals surface area contributed by atoms with E-state index in [-0.39, 0.29) is 17.5 Å². The number of nitrogens with zero attached hydrogens (tertiary/aromatic N) is 5. The molecule has 1 amide bonds. The fourth-order valence-corrected chi connectivity index (χ4v) is 3.50. The van der Waals surface area contributed by atoms with Crippen LogP contribution in [-0.4, -0.2) is 51.0 Å². The summed E-state index contributed by atoms with van der Waals surface area (Å²) < 4.78 is 1.89. The number of hydrogen-bond acceptors (Lipinski definition) is 5. The molecule has 1 N–H and O–H groups in total. The molecule has 8 heteroatoms. The topological polar surface area (TPSA) is 87.1 Å². The van der Waals surface area contributed by atoms with Crippen LogP contribution in [0.1, 0.15) is 24.2 Å². The molecule has 0 aliphatic carbocycles. The Hall–Kier alpha value is -3.16. The Kier molecular flexibility index (Phi) is 4.18. The van der Waals surface area contributed by atoms with Crippen LogP contribution < -0.4 is 10.5 Å². The highest BCUT2D eigenvalue weighted by atomic mass is 16.2. The number of anilines is 1. The minimum absolute atomic E-state index is 0.00251. The van der Waals surface area contributed by atoms with Crippen molar-refractivity contribution in [1.29, 1.82) is 0 Å². The van der Waals surface area contributed by atoms with Crippen molar-refractivity contribution >= 4 is 22.9 Å². The van der Waals surface area contributed by atoms with Gasteiger partial charge in [-0.15, -0.1) is 0 Å². The smallest absolute Gasteiger partial charge is 0.255 e. The van der Waals surface area contributed by atoms with Crippen LogP contribution in [0.5, 0.6) is 0 Å². The second-order valence-electron chi connectivity index (χ2n) is 7.04. The average molecular weight is 366 g/mol. The Labute approximate surface area is 156 Å². The number of benzene rings is 1. The number of imidazole rings is 1. The molecule has 0 saturated heterocycles. The number of fused-ring (bicyclic) bond motifs is 2. The number of aromatic nitrogens is 4. The van der Waals surface area contributed by atoms with Gasteiger partial charge in [0.15, 0.2) is 0 Å². The molecule has 0 saturated carbocycles. The van der Waals surface area contributed by atoms with E-state index >= 15 is 0 Å². The lowest BCUT2D eigenvalue weighted by Gasteiger charge is -2.30. The highest BCUT2D eigenvalue weighted by Gasteiger charge is 2.28. The van der Waals surface area contributed by atoms with E-state index in [0.29, 0.717) is 36.7 Å². The van der Waals surface area contributed by atoms with E-state index in [1.807, 2.05) is 49.9 Å². The van der Waals surface area contributed by atoms with Crippen molar-refractivity contribution < 1.29 is 4.79 Å². The Balaban J connectivity index is 1.61. The monoisotopic (exact) mass is 366 g/mol. The normalized spacial score (nSPS) is 14.9. The summed E-state index contributed by atoms with van der Waals surface area (Å²) in [5.41, 5.74) is 3.02. The summed E-state index contributed by atoms with van der Waals surface area (Å²) >= 11 is 0. The van der Waals surface area contributed by atoms with Crippen LogP contribution in [0.2, 0.25) is 0 Å². The zero-order valence-electron chi connectivity index (χ0n) is 15.6. The van der Waals surface area contributed by atoms with Crippen LogP contribution in [-0.2, 0) is 17.8 Å². The van der Waals surface area contributed by atoms with Gasteiger partial charge in [0.05, 0.1) is 29.6 Å². The number of H-pyrrole nitrogens is 1. The zero-order valence-corrected chi connectivity index (χ0v) is 15.6. The van der Waals surface area contributed by atoms with E-state index < -0.39 is 0 Å². The zero-order chi connectivity index (χ0) is 19.1. The third kappa shape index (κ3) is 2.97. The van der Waals surface area contributed by atoms with Gasteiger partial charge in [-0.25, -0.2) is 9.97 Å². The summed E-state index contributed by atoms with van der Waals surface area (Å²) in [6, 6.07) is 7.38. The second kappa shape index (κ2) is 6.53. The third-order valence-electron chi connectivity index (χ3n) is 5.05.